The molecule has 0 spiro atoms. The first-order valence-electron chi connectivity index (χ1n) is 5.04. The summed E-state index contributed by atoms with van der Waals surface area (Å²) in [6.45, 7) is 6.31. The lowest BCUT2D eigenvalue weighted by atomic mass is 10.4. The zero-order valence-electron chi connectivity index (χ0n) is 10.0. The van der Waals surface area contributed by atoms with Crippen molar-refractivity contribution < 1.29 is 4.79 Å². The highest BCUT2D eigenvalue weighted by molar-refractivity contribution is 5.78. The molecule has 0 saturated heterocycles. The van der Waals surface area contributed by atoms with Gasteiger partial charge in [0.2, 0.25) is 5.91 Å². The van der Waals surface area contributed by atoms with E-state index in [1.807, 2.05) is 39.9 Å². The number of carbonyl (C=O) groups is 1. The first kappa shape index (κ1) is 13.4. The molecule has 0 fully saturated rings. The van der Waals surface area contributed by atoms with Gasteiger partial charge in [0.25, 0.3) is 0 Å². The van der Waals surface area contributed by atoms with Gasteiger partial charge in [0.1, 0.15) is 0 Å². The number of nitrogens with zero attached hydrogens (tertiary/aromatic N) is 2. The lowest BCUT2D eigenvalue weighted by Gasteiger charge is -2.19. The van der Waals surface area contributed by atoms with E-state index in [0.29, 0.717) is 6.54 Å². The highest BCUT2D eigenvalue weighted by Crippen LogP contribution is 1.85. The molecule has 0 atom stereocenters. The highest BCUT2D eigenvalue weighted by atomic mass is 16.2. The van der Waals surface area contributed by atoms with Crippen LogP contribution in [0.4, 0.5) is 0 Å². The van der Waals surface area contributed by atoms with Gasteiger partial charge in [-0.3, -0.25) is 9.69 Å². The van der Waals surface area contributed by atoms with Crippen molar-refractivity contribution in [1.82, 2.24) is 15.1 Å². The number of nitrogens with one attached hydrogen (secondary N) is 1. The Labute approximate surface area is 87.3 Å². The predicted octanol–water partition coefficient (Wildman–Crippen LogP) is 0.00440. The summed E-state index contributed by atoms with van der Waals surface area (Å²) in [7, 11) is 6.02. The van der Waals surface area contributed by atoms with E-state index in [2.05, 4.69) is 10.2 Å². The molecule has 0 aliphatic rings. The summed E-state index contributed by atoms with van der Waals surface area (Å²) in [5.41, 5.74) is 0. The number of likely N-dealkylation sites (N-methyl/N-ethyl adjacent to an activating group) is 2. The zero-order chi connectivity index (χ0) is 11.1. The van der Waals surface area contributed by atoms with Gasteiger partial charge in [-0.25, -0.2) is 0 Å². The molecule has 1 N–H and O–H groups in total. The third-order valence-corrected chi connectivity index (χ3v) is 1.79. The molecule has 0 aromatic rings. The molecule has 0 heterocycles. The fraction of sp³-hybridized carbons (Fsp3) is 0.900. The van der Waals surface area contributed by atoms with Gasteiger partial charge in [-0.05, 0) is 35.0 Å². The summed E-state index contributed by atoms with van der Waals surface area (Å²) >= 11 is 0. The Balaban J connectivity index is 3.60. The zero-order valence-corrected chi connectivity index (χ0v) is 10.0. The molecule has 0 bridgehead atoms. The van der Waals surface area contributed by atoms with Crippen LogP contribution in [-0.4, -0.2) is 62.5 Å². The fourth-order valence-corrected chi connectivity index (χ4v) is 1.06. The van der Waals surface area contributed by atoms with E-state index >= 15 is 0 Å². The maximum Gasteiger partial charge on any atom is 0.234 e. The third-order valence-electron chi connectivity index (χ3n) is 1.79. The molecular formula is C10H23N3O. The van der Waals surface area contributed by atoms with Gasteiger partial charge in [0.15, 0.2) is 0 Å². The van der Waals surface area contributed by atoms with Crippen LogP contribution in [0, 0.1) is 0 Å². The normalized spacial score (nSPS) is 11.4. The van der Waals surface area contributed by atoms with Crippen molar-refractivity contribution in [2.75, 3.05) is 40.8 Å². The summed E-state index contributed by atoms with van der Waals surface area (Å²) in [5.74, 6) is 0.0984. The highest BCUT2D eigenvalue weighted by Gasteiger charge is 2.06. The monoisotopic (exact) mass is 201 g/mol. The molecule has 84 valence electrons. The van der Waals surface area contributed by atoms with Gasteiger partial charge in [0, 0.05) is 19.1 Å². The summed E-state index contributed by atoms with van der Waals surface area (Å²) in [4.78, 5) is 15.5. The van der Waals surface area contributed by atoms with E-state index in [9.17, 15) is 4.79 Å². The average molecular weight is 201 g/mol. The quantitative estimate of drug-likeness (QED) is 0.657. The van der Waals surface area contributed by atoms with Gasteiger partial charge >= 0.3 is 0 Å². The molecule has 0 aromatic heterocycles. The van der Waals surface area contributed by atoms with E-state index in [4.69, 9.17) is 0 Å². The van der Waals surface area contributed by atoms with Crippen molar-refractivity contribution in [3.8, 4) is 0 Å². The number of amides is 1. The van der Waals surface area contributed by atoms with Crippen molar-refractivity contribution in [3.63, 3.8) is 0 Å². The molecule has 0 saturated carbocycles. The third kappa shape index (κ3) is 8.01. The summed E-state index contributed by atoms with van der Waals surface area (Å²) in [6, 6.07) is 0.227. The van der Waals surface area contributed by atoms with Crippen LogP contribution >= 0.6 is 0 Å². The van der Waals surface area contributed by atoms with E-state index in [-0.39, 0.29) is 11.9 Å². The second-order valence-electron chi connectivity index (χ2n) is 4.26. The fourth-order valence-electron chi connectivity index (χ4n) is 1.06. The first-order chi connectivity index (χ1) is 6.41. The van der Waals surface area contributed by atoms with Crippen LogP contribution in [0.15, 0.2) is 0 Å². The van der Waals surface area contributed by atoms with Gasteiger partial charge < -0.3 is 10.2 Å². The van der Waals surface area contributed by atoms with Crippen LogP contribution in [0.3, 0.4) is 0 Å². The van der Waals surface area contributed by atoms with Crippen molar-refractivity contribution in [2.45, 2.75) is 19.9 Å². The average Bonchev–Trinajstić information content (AvgIpc) is 1.98. The van der Waals surface area contributed by atoms with Crippen LogP contribution in [0.1, 0.15) is 13.8 Å². The van der Waals surface area contributed by atoms with Gasteiger partial charge in [-0.2, -0.15) is 0 Å². The molecule has 1 amide bonds. The van der Waals surface area contributed by atoms with Crippen molar-refractivity contribution in [1.29, 1.82) is 0 Å². The second kappa shape index (κ2) is 6.79. The SMILES string of the molecule is CC(C)NC(=O)CN(C)CCN(C)C. The van der Waals surface area contributed by atoms with E-state index < -0.39 is 0 Å². The van der Waals surface area contributed by atoms with Crippen molar-refractivity contribution in [2.24, 2.45) is 0 Å². The predicted molar refractivity (Wildman–Crippen MR) is 59.3 cm³/mol. The minimum Gasteiger partial charge on any atom is -0.353 e. The number of carbonyl (C=O) groups excluding carboxylic acids is 1. The van der Waals surface area contributed by atoms with Gasteiger partial charge in [-0.15, -0.1) is 0 Å². The number of hydrogen-bond donors (Lipinski definition) is 1. The van der Waals surface area contributed by atoms with Crippen LogP contribution in [0.5, 0.6) is 0 Å². The second-order valence-corrected chi connectivity index (χ2v) is 4.26. The molecule has 4 heteroatoms. The summed E-state index contributed by atoms with van der Waals surface area (Å²) in [5, 5.41) is 2.87. The van der Waals surface area contributed by atoms with Crippen LogP contribution in [0.25, 0.3) is 0 Å². The van der Waals surface area contributed by atoms with Crippen LogP contribution in [-0.2, 0) is 4.79 Å². The summed E-state index contributed by atoms with van der Waals surface area (Å²) in [6.07, 6.45) is 0. The molecule has 0 aliphatic carbocycles. The maximum atomic E-state index is 11.3. The molecule has 4 nitrogen and oxygen atoms in total. The molecule has 0 aliphatic heterocycles. The molecule has 14 heavy (non-hydrogen) atoms. The Morgan fingerprint density at radius 2 is 1.79 bits per heavy atom. The number of hydrogen-bond acceptors (Lipinski definition) is 3. The van der Waals surface area contributed by atoms with Crippen LogP contribution < -0.4 is 5.32 Å². The Hall–Kier alpha value is -0.610. The summed E-state index contributed by atoms with van der Waals surface area (Å²) < 4.78 is 0. The maximum absolute atomic E-state index is 11.3. The first-order valence-corrected chi connectivity index (χ1v) is 5.04. The largest absolute Gasteiger partial charge is 0.353 e. The molecule has 0 aromatic carbocycles. The Morgan fingerprint density at radius 3 is 2.21 bits per heavy atom. The molecular weight excluding hydrogens is 178 g/mol. The molecule has 0 unspecified atom stereocenters. The van der Waals surface area contributed by atoms with Crippen molar-refractivity contribution >= 4 is 5.91 Å². The lowest BCUT2D eigenvalue weighted by molar-refractivity contribution is -0.122. The standard InChI is InChI=1S/C10H23N3O/c1-9(2)11-10(14)8-13(5)7-6-12(3)4/h9H,6-8H2,1-5H3,(H,11,14). The van der Waals surface area contributed by atoms with Crippen molar-refractivity contribution in [3.05, 3.63) is 0 Å². The smallest absolute Gasteiger partial charge is 0.234 e. The minimum absolute atomic E-state index is 0.0984. The van der Waals surface area contributed by atoms with E-state index in [1.165, 1.54) is 0 Å². The molecule has 0 rings (SSSR count). The topological polar surface area (TPSA) is 35.6 Å². The minimum atomic E-state index is 0.0984. The Morgan fingerprint density at radius 1 is 1.21 bits per heavy atom. The Bertz CT molecular complexity index is 169. The Kier molecular flexibility index (Phi) is 6.49. The van der Waals surface area contributed by atoms with Gasteiger partial charge in [-0.1, -0.05) is 0 Å². The van der Waals surface area contributed by atoms with E-state index in [0.717, 1.165) is 13.1 Å². The van der Waals surface area contributed by atoms with Crippen LogP contribution in [0.2, 0.25) is 0 Å². The molecule has 0 radical (unpaired) electrons. The van der Waals surface area contributed by atoms with Gasteiger partial charge in [0.05, 0.1) is 6.54 Å². The van der Waals surface area contributed by atoms with E-state index in [1.54, 1.807) is 0 Å². The number of rotatable bonds is 6. The lowest BCUT2D eigenvalue weighted by Crippen LogP contribution is -2.40.